The van der Waals surface area contributed by atoms with Crippen LogP contribution >= 0.6 is 11.8 Å². The van der Waals surface area contributed by atoms with Crippen molar-refractivity contribution in [2.75, 3.05) is 12.3 Å². The number of hydrogen-bond donors (Lipinski definition) is 1. The average Bonchev–Trinajstić information content (AvgIpc) is 2.35. The second-order valence-electron chi connectivity index (χ2n) is 4.27. The summed E-state index contributed by atoms with van der Waals surface area (Å²) in [5, 5.41) is 3.12. The zero-order chi connectivity index (χ0) is 14.3. The molecule has 0 aliphatic carbocycles. The molecule has 1 unspecified atom stereocenters. The van der Waals surface area contributed by atoms with Gasteiger partial charge in [0.2, 0.25) is 0 Å². The molecule has 0 saturated carbocycles. The molecule has 0 aliphatic heterocycles. The average molecular weight is 291 g/mol. The summed E-state index contributed by atoms with van der Waals surface area (Å²) >= 11 is 1.73. The Morgan fingerprint density at radius 1 is 1.16 bits per heavy atom. The van der Waals surface area contributed by atoms with Crippen LogP contribution in [0.1, 0.15) is 38.3 Å². The SMILES string of the molecule is CCNC(CCC(F)(F)F)c1ccc(SCC)cc1. The van der Waals surface area contributed by atoms with Crippen LogP contribution in [0.4, 0.5) is 13.2 Å². The number of benzene rings is 1. The second-order valence-corrected chi connectivity index (χ2v) is 5.60. The highest BCUT2D eigenvalue weighted by Crippen LogP contribution is 2.28. The molecule has 1 aromatic carbocycles. The van der Waals surface area contributed by atoms with E-state index in [0.717, 1.165) is 16.2 Å². The molecule has 0 bridgehead atoms. The van der Waals surface area contributed by atoms with Gasteiger partial charge in [-0.15, -0.1) is 11.8 Å². The number of alkyl halides is 3. The van der Waals surface area contributed by atoms with E-state index in [9.17, 15) is 13.2 Å². The Kier molecular flexibility index (Phi) is 6.72. The first-order valence-corrected chi connectivity index (χ1v) is 7.47. The van der Waals surface area contributed by atoms with Gasteiger partial charge in [0, 0.05) is 17.4 Å². The van der Waals surface area contributed by atoms with E-state index < -0.39 is 12.6 Å². The normalized spacial score (nSPS) is 13.5. The summed E-state index contributed by atoms with van der Waals surface area (Å²) in [7, 11) is 0. The van der Waals surface area contributed by atoms with Crippen molar-refractivity contribution in [2.45, 2.75) is 43.8 Å². The fraction of sp³-hybridized carbons (Fsp3) is 0.571. The molecular weight excluding hydrogens is 271 g/mol. The topological polar surface area (TPSA) is 12.0 Å². The fourth-order valence-electron chi connectivity index (χ4n) is 1.90. The minimum absolute atomic E-state index is 0.0810. The highest BCUT2D eigenvalue weighted by molar-refractivity contribution is 7.99. The molecule has 0 saturated heterocycles. The molecule has 0 fully saturated rings. The van der Waals surface area contributed by atoms with Crippen LogP contribution in [-0.4, -0.2) is 18.5 Å². The van der Waals surface area contributed by atoms with Gasteiger partial charge >= 0.3 is 6.18 Å². The molecule has 0 spiro atoms. The Balaban J connectivity index is 2.69. The lowest BCUT2D eigenvalue weighted by Gasteiger charge is -2.19. The minimum atomic E-state index is -4.09. The summed E-state index contributed by atoms with van der Waals surface area (Å²) < 4.78 is 36.9. The van der Waals surface area contributed by atoms with E-state index in [4.69, 9.17) is 0 Å². The molecule has 1 aromatic rings. The van der Waals surface area contributed by atoms with Crippen molar-refractivity contribution in [3.63, 3.8) is 0 Å². The molecule has 0 radical (unpaired) electrons. The van der Waals surface area contributed by atoms with Gasteiger partial charge in [0.15, 0.2) is 0 Å². The monoisotopic (exact) mass is 291 g/mol. The van der Waals surface area contributed by atoms with Crippen LogP contribution < -0.4 is 5.32 Å². The molecule has 1 N–H and O–H groups in total. The molecule has 19 heavy (non-hydrogen) atoms. The van der Waals surface area contributed by atoms with Crippen LogP contribution in [0, 0.1) is 0 Å². The maximum atomic E-state index is 12.3. The van der Waals surface area contributed by atoms with Crippen LogP contribution in [0.2, 0.25) is 0 Å². The Labute approximate surface area is 117 Å². The van der Waals surface area contributed by atoms with E-state index in [2.05, 4.69) is 12.2 Å². The van der Waals surface area contributed by atoms with E-state index in [-0.39, 0.29) is 12.5 Å². The van der Waals surface area contributed by atoms with Crippen molar-refractivity contribution in [3.8, 4) is 0 Å². The molecule has 1 nitrogen and oxygen atoms in total. The third kappa shape index (κ3) is 6.34. The zero-order valence-electron chi connectivity index (χ0n) is 11.3. The Morgan fingerprint density at radius 2 is 1.79 bits per heavy atom. The predicted octanol–water partition coefficient (Wildman–Crippen LogP) is 4.79. The summed E-state index contributed by atoms with van der Waals surface area (Å²) in [6.45, 7) is 4.64. The van der Waals surface area contributed by atoms with Crippen LogP contribution in [0.3, 0.4) is 0 Å². The van der Waals surface area contributed by atoms with Crippen LogP contribution in [0.25, 0.3) is 0 Å². The maximum absolute atomic E-state index is 12.3. The molecule has 0 aromatic heterocycles. The van der Waals surface area contributed by atoms with Gasteiger partial charge in [-0.05, 0) is 36.4 Å². The van der Waals surface area contributed by atoms with Crippen molar-refractivity contribution in [1.29, 1.82) is 0 Å². The number of thioether (sulfide) groups is 1. The van der Waals surface area contributed by atoms with Crippen LogP contribution in [0.15, 0.2) is 29.2 Å². The molecule has 0 aliphatic rings. The number of halogens is 3. The van der Waals surface area contributed by atoms with Gasteiger partial charge in [-0.2, -0.15) is 13.2 Å². The molecule has 0 heterocycles. The summed E-state index contributed by atoms with van der Waals surface area (Å²) in [6.07, 6.45) is -4.76. The van der Waals surface area contributed by atoms with Crippen molar-refractivity contribution in [1.82, 2.24) is 5.32 Å². The van der Waals surface area contributed by atoms with Crippen LogP contribution in [-0.2, 0) is 0 Å². The summed E-state index contributed by atoms with van der Waals surface area (Å²) in [6, 6.07) is 7.55. The number of nitrogens with one attached hydrogen (secondary N) is 1. The Morgan fingerprint density at radius 3 is 2.26 bits per heavy atom. The lowest BCUT2D eigenvalue weighted by atomic mass is 10.0. The zero-order valence-corrected chi connectivity index (χ0v) is 12.1. The van der Waals surface area contributed by atoms with Gasteiger partial charge in [0.1, 0.15) is 0 Å². The van der Waals surface area contributed by atoms with E-state index in [0.29, 0.717) is 6.54 Å². The lowest BCUT2D eigenvalue weighted by Crippen LogP contribution is -2.23. The molecule has 5 heteroatoms. The fourth-order valence-corrected chi connectivity index (χ4v) is 2.57. The highest BCUT2D eigenvalue weighted by atomic mass is 32.2. The van der Waals surface area contributed by atoms with Crippen molar-refractivity contribution < 1.29 is 13.2 Å². The largest absolute Gasteiger partial charge is 0.389 e. The quantitative estimate of drug-likeness (QED) is 0.725. The maximum Gasteiger partial charge on any atom is 0.389 e. The van der Waals surface area contributed by atoms with Gasteiger partial charge in [0.25, 0.3) is 0 Å². The highest BCUT2D eigenvalue weighted by Gasteiger charge is 2.28. The first kappa shape index (κ1) is 16.4. The summed E-state index contributed by atoms with van der Waals surface area (Å²) in [5.41, 5.74) is 0.923. The van der Waals surface area contributed by atoms with Crippen molar-refractivity contribution >= 4 is 11.8 Å². The van der Waals surface area contributed by atoms with E-state index in [1.165, 1.54) is 0 Å². The first-order chi connectivity index (χ1) is 8.96. The Bertz CT molecular complexity index is 362. The second kappa shape index (κ2) is 7.80. The van der Waals surface area contributed by atoms with Crippen molar-refractivity contribution in [3.05, 3.63) is 29.8 Å². The van der Waals surface area contributed by atoms with Gasteiger partial charge < -0.3 is 5.32 Å². The van der Waals surface area contributed by atoms with E-state index in [1.807, 2.05) is 31.2 Å². The van der Waals surface area contributed by atoms with E-state index in [1.54, 1.807) is 11.8 Å². The molecule has 1 rings (SSSR count). The smallest absolute Gasteiger partial charge is 0.310 e. The summed E-state index contributed by atoms with van der Waals surface area (Å²) in [4.78, 5) is 1.15. The lowest BCUT2D eigenvalue weighted by molar-refractivity contribution is -0.136. The van der Waals surface area contributed by atoms with Gasteiger partial charge in [-0.3, -0.25) is 0 Å². The number of rotatable bonds is 7. The summed E-state index contributed by atoms with van der Waals surface area (Å²) in [5.74, 6) is 0.990. The van der Waals surface area contributed by atoms with Gasteiger partial charge in [0.05, 0.1) is 0 Å². The Hall–Kier alpha value is -0.680. The first-order valence-electron chi connectivity index (χ1n) is 6.49. The molecule has 1 atom stereocenters. The molecule has 108 valence electrons. The van der Waals surface area contributed by atoms with Crippen LogP contribution in [0.5, 0.6) is 0 Å². The van der Waals surface area contributed by atoms with Crippen molar-refractivity contribution in [2.24, 2.45) is 0 Å². The van der Waals surface area contributed by atoms with E-state index >= 15 is 0 Å². The molecular formula is C14H20F3NS. The molecule has 0 amide bonds. The van der Waals surface area contributed by atoms with Gasteiger partial charge in [-0.1, -0.05) is 26.0 Å². The third-order valence-corrected chi connectivity index (χ3v) is 3.65. The minimum Gasteiger partial charge on any atom is -0.310 e. The third-order valence-electron chi connectivity index (χ3n) is 2.76. The predicted molar refractivity (Wildman–Crippen MR) is 74.5 cm³/mol. The van der Waals surface area contributed by atoms with Gasteiger partial charge in [-0.25, -0.2) is 0 Å². The standard InChI is InChI=1S/C14H20F3NS/c1-3-18-13(9-10-14(15,16)17)11-5-7-12(8-6-11)19-4-2/h5-8,13,18H,3-4,9-10H2,1-2H3. The number of hydrogen-bond acceptors (Lipinski definition) is 2.